The van der Waals surface area contributed by atoms with Gasteiger partial charge in [0.05, 0.1) is 17.1 Å². The third-order valence-corrected chi connectivity index (χ3v) is 2.95. The zero-order chi connectivity index (χ0) is 13.7. The summed E-state index contributed by atoms with van der Waals surface area (Å²) in [5, 5.41) is 11.6. The third kappa shape index (κ3) is 3.45. The summed E-state index contributed by atoms with van der Waals surface area (Å²) >= 11 is 5.99. The fraction of sp³-hybridized carbons (Fsp3) is 0.333. The minimum Gasteiger partial charge on any atom is -0.479 e. The Kier molecular flexibility index (Phi) is 5.12. The number of hydrogen-bond donors (Lipinski definition) is 2. The zero-order valence-electron chi connectivity index (χ0n) is 10.1. The molecule has 18 heavy (non-hydrogen) atoms. The number of carboxylic acid groups (broad SMARTS) is 1. The molecule has 0 fully saturated rings. The highest BCUT2D eigenvalue weighted by atomic mass is 35.5. The smallest absolute Gasteiger partial charge is 0.334 e. The first-order valence-electron chi connectivity index (χ1n) is 5.26. The van der Waals surface area contributed by atoms with Crippen LogP contribution in [0.1, 0.15) is 15.9 Å². The van der Waals surface area contributed by atoms with Crippen LogP contribution >= 0.6 is 11.6 Å². The highest BCUT2D eigenvalue weighted by Gasteiger charge is 2.18. The fourth-order valence-corrected chi connectivity index (χ4v) is 1.59. The molecule has 0 heterocycles. The lowest BCUT2D eigenvalue weighted by molar-refractivity contribution is -0.148. The second-order valence-corrected chi connectivity index (χ2v) is 4.09. The van der Waals surface area contributed by atoms with E-state index in [4.69, 9.17) is 21.4 Å². The molecule has 1 rings (SSSR count). The van der Waals surface area contributed by atoms with E-state index < -0.39 is 18.0 Å². The lowest BCUT2D eigenvalue weighted by atomic mass is 10.1. The lowest BCUT2D eigenvalue weighted by Crippen LogP contribution is -2.37. The Morgan fingerprint density at radius 3 is 2.72 bits per heavy atom. The number of aliphatic carboxylic acids is 1. The van der Waals surface area contributed by atoms with Crippen molar-refractivity contribution in [1.29, 1.82) is 0 Å². The minimum absolute atomic E-state index is 0.116. The summed E-state index contributed by atoms with van der Waals surface area (Å²) in [4.78, 5) is 22.5. The topological polar surface area (TPSA) is 75.6 Å². The Morgan fingerprint density at radius 2 is 2.17 bits per heavy atom. The number of carboxylic acids is 1. The van der Waals surface area contributed by atoms with Gasteiger partial charge in [-0.15, -0.1) is 0 Å². The van der Waals surface area contributed by atoms with Gasteiger partial charge < -0.3 is 15.2 Å². The summed E-state index contributed by atoms with van der Waals surface area (Å²) in [7, 11) is 1.27. The van der Waals surface area contributed by atoms with Gasteiger partial charge in [0.15, 0.2) is 6.10 Å². The van der Waals surface area contributed by atoms with E-state index in [1.165, 1.54) is 7.11 Å². The van der Waals surface area contributed by atoms with Crippen molar-refractivity contribution in [1.82, 2.24) is 5.32 Å². The number of benzene rings is 1. The molecule has 0 aliphatic heterocycles. The number of carbonyl (C=O) groups is 2. The van der Waals surface area contributed by atoms with Gasteiger partial charge in [-0.2, -0.15) is 0 Å². The summed E-state index contributed by atoms with van der Waals surface area (Å²) < 4.78 is 4.70. The molecule has 5 nitrogen and oxygen atoms in total. The highest BCUT2D eigenvalue weighted by Crippen LogP contribution is 2.19. The Morgan fingerprint density at radius 1 is 1.50 bits per heavy atom. The number of halogens is 1. The van der Waals surface area contributed by atoms with Gasteiger partial charge in [-0.3, -0.25) is 4.79 Å². The van der Waals surface area contributed by atoms with Gasteiger partial charge in [-0.1, -0.05) is 23.7 Å². The molecule has 0 bridgehead atoms. The molecule has 2 N–H and O–H groups in total. The summed E-state index contributed by atoms with van der Waals surface area (Å²) in [5.74, 6) is -1.56. The van der Waals surface area contributed by atoms with Crippen LogP contribution in [0.25, 0.3) is 0 Å². The van der Waals surface area contributed by atoms with E-state index in [0.717, 1.165) is 5.56 Å². The SMILES string of the molecule is COC(CNC(=O)c1cccc(C)c1Cl)C(=O)O. The number of aryl methyl sites for hydroxylation is 1. The van der Waals surface area contributed by atoms with Crippen molar-refractivity contribution in [2.45, 2.75) is 13.0 Å². The van der Waals surface area contributed by atoms with Crippen molar-refractivity contribution in [3.05, 3.63) is 34.3 Å². The number of rotatable bonds is 5. The van der Waals surface area contributed by atoms with Gasteiger partial charge in [0.2, 0.25) is 0 Å². The normalized spacial score (nSPS) is 11.9. The molecule has 1 atom stereocenters. The molecule has 0 aliphatic carbocycles. The summed E-state index contributed by atoms with van der Waals surface area (Å²) in [6.45, 7) is 1.67. The van der Waals surface area contributed by atoms with E-state index in [1.807, 2.05) is 0 Å². The average molecular weight is 272 g/mol. The van der Waals surface area contributed by atoms with Crippen LogP contribution in [0.2, 0.25) is 5.02 Å². The number of methoxy groups -OCH3 is 1. The number of hydrogen-bond acceptors (Lipinski definition) is 3. The summed E-state index contributed by atoms with van der Waals surface area (Å²) in [5.41, 5.74) is 1.10. The molecule has 0 saturated carbocycles. The van der Waals surface area contributed by atoms with E-state index in [-0.39, 0.29) is 6.54 Å². The van der Waals surface area contributed by atoms with Crippen molar-refractivity contribution in [2.75, 3.05) is 13.7 Å². The van der Waals surface area contributed by atoms with Gasteiger partial charge >= 0.3 is 5.97 Å². The first-order valence-corrected chi connectivity index (χ1v) is 5.64. The maximum absolute atomic E-state index is 11.8. The average Bonchev–Trinajstić information content (AvgIpc) is 2.32. The molecule has 0 aromatic heterocycles. The van der Waals surface area contributed by atoms with Crippen molar-refractivity contribution in [3.63, 3.8) is 0 Å². The van der Waals surface area contributed by atoms with Crippen LogP contribution in [0.4, 0.5) is 0 Å². The molecule has 6 heteroatoms. The van der Waals surface area contributed by atoms with Gasteiger partial charge in [-0.05, 0) is 18.6 Å². The van der Waals surface area contributed by atoms with Crippen LogP contribution in [0.3, 0.4) is 0 Å². The molecule has 0 radical (unpaired) electrons. The van der Waals surface area contributed by atoms with Crippen LogP contribution in [0.15, 0.2) is 18.2 Å². The molecule has 0 spiro atoms. The first-order chi connectivity index (χ1) is 8.47. The lowest BCUT2D eigenvalue weighted by Gasteiger charge is -2.12. The van der Waals surface area contributed by atoms with E-state index >= 15 is 0 Å². The van der Waals surface area contributed by atoms with Crippen LogP contribution in [-0.2, 0) is 9.53 Å². The number of amides is 1. The molecule has 1 aromatic carbocycles. The van der Waals surface area contributed by atoms with E-state index in [2.05, 4.69) is 5.32 Å². The van der Waals surface area contributed by atoms with Crippen LogP contribution in [0, 0.1) is 6.92 Å². The Hall–Kier alpha value is -1.59. The third-order valence-electron chi connectivity index (χ3n) is 2.44. The fourth-order valence-electron chi connectivity index (χ4n) is 1.37. The van der Waals surface area contributed by atoms with E-state index in [9.17, 15) is 9.59 Å². The van der Waals surface area contributed by atoms with Gasteiger partial charge in [0, 0.05) is 7.11 Å². The Labute approximate surface area is 110 Å². The molecule has 0 aliphatic rings. The largest absolute Gasteiger partial charge is 0.479 e. The highest BCUT2D eigenvalue weighted by molar-refractivity contribution is 6.34. The molecule has 1 aromatic rings. The van der Waals surface area contributed by atoms with Crippen molar-refractivity contribution < 1.29 is 19.4 Å². The Balaban J connectivity index is 2.71. The standard InChI is InChI=1S/C12H14ClNO4/c1-7-4-3-5-8(10(7)13)11(15)14-6-9(18-2)12(16)17/h3-5,9H,6H2,1-2H3,(H,14,15)(H,16,17). The predicted octanol–water partition coefficient (Wildman–Crippen LogP) is 1.48. The Bertz CT molecular complexity index is 461. The van der Waals surface area contributed by atoms with E-state index in [0.29, 0.717) is 10.6 Å². The van der Waals surface area contributed by atoms with E-state index in [1.54, 1.807) is 25.1 Å². The molecule has 98 valence electrons. The zero-order valence-corrected chi connectivity index (χ0v) is 10.8. The molecule has 1 unspecified atom stereocenters. The van der Waals surface area contributed by atoms with Crippen molar-refractivity contribution in [2.24, 2.45) is 0 Å². The summed E-state index contributed by atoms with van der Waals surface area (Å²) in [6.07, 6.45) is -1.07. The second-order valence-electron chi connectivity index (χ2n) is 3.71. The second kappa shape index (κ2) is 6.37. The quantitative estimate of drug-likeness (QED) is 0.850. The number of carbonyl (C=O) groups excluding carboxylic acids is 1. The first kappa shape index (κ1) is 14.5. The molecule has 1 amide bonds. The van der Waals surface area contributed by atoms with Gasteiger partial charge in [0.25, 0.3) is 5.91 Å². The van der Waals surface area contributed by atoms with Crippen LogP contribution < -0.4 is 5.32 Å². The number of nitrogens with one attached hydrogen (secondary N) is 1. The maximum Gasteiger partial charge on any atom is 0.334 e. The van der Waals surface area contributed by atoms with Gasteiger partial charge in [0.1, 0.15) is 0 Å². The monoisotopic (exact) mass is 271 g/mol. The molecular weight excluding hydrogens is 258 g/mol. The minimum atomic E-state index is -1.13. The van der Waals surface area contributed by atoms with Crippen LogP contribution in [0.5, 0.6) is 0 Å². The maximum atomic E-state index is 11.8. The predicted molar refractivity (Wildman–Crippen MR) is 67.0 cm³/mol. The van der Waals surface area contributed by atoms with Crippen molar-refractivity contribution in [3.8, 4) is 0 Å². The summed E-state index contributed by atoms with van der Waals surface area (Å²) in [6, 6.07) is 5.07. The van der Waals surface area contributed by atoms with Crippen molar-refractivity contribution >= 4 is 23.5 Å². The van der Waals surface area contributed by atoms with Crippen LogP contribution in [-0.4, -0.2) is 36.7 Å². The van der Waals surface area contributed by atoms with Gasteiger partial charge in [-0.25, -0.2) is 4.79 Å². The molecule has 0 saturated heterocycles. The number of ether oxygens (including phenoxy) is 1. The molecular formula is C12H14ClNO4.